The van der Waals surface area contributed by atoms with Crippen LogP contribution >= 0.6 is 0 Å². The maximum absolute atomic E-state index is 12.0. The third kappa shape index (κ3) is 2.16. The number of aryl methyl sites for hydroxylation is 2. The Kier molecular flexibility index (Phi) is 2.66. The first-order valence-electron chi connectivity index (χ1n) is 4.85. The van der Waals surface area contributed by atoms with Crippen molar-refractivity contribution < 1.29 is 12.9 Å². The molecule has 0 saturated heterocycles. The van der Waals surface area contributed by atoms with E-state index in [1.807, 2.05) is 0 Å². The minimum absolute atomic E-state index is 0.126. The van der Waals surface area contributed by atoms with E-state index in [4.69, 9.17) is 4.52 Å². The summed E-state index contributed by atoms with van der Waals surface area (Å²) in [7, 11) is -1.99. The summed E-state index contributed by atoms with van der Waals surface area (Å²) in [5, 5.41) is 7.45. The Labute approximate surface area is 98.5 Å². The van der Waals surface area contributed by atoms with Gasteiger partial charge in [0.15, 0.2) is 5.82 Å². The standard InChI is InChI=1S/C9H12N4O3S/c1-6-4-9(11-16-6)12-17(14,15)8-5-10-13(3)7(8)2/h4-5H,1-3H3,(H,11,12). The van der Waals surface area contributed by atoms with E-state index < -0.39 is 10.0 Å². The number of anilines is 1. The van der Waals surface area contributed by atoms with Crippen LogP contribution in [0.5, 0.6) is 0 Å². The van der Waals surface area contributed by atoms with Gasteiger partial charge in [-0.3, -0.25) is 9.40 Å². The van der Waals surface area contributed by atoms with Gasteiger partial charge >= 0.3 is 0 Å². The van der Waals surface area contributed by atoms with E-state index in [1.54, 1.807) is 20.9 Å². The van der Waals surface area contributed by atoms with Crippen molar-refractivity contribution in [1.82, 2.24) is 14.9 Å². The quantitative estimate of drug-likeness (QED) is 0.878. The van der Waals surface area contributed by atoms with E-state index >= 15 is 0 Å². The Balaban J connectivity index is 2.34. The monoisotopic (exact) mass is 256 g/mol. The van der Waals surface area contributed by atoms with Gasteiger partial charge in [-0.1, -0.05) is 5.16 Å². The Morgan fingerprint density at radius 2 is 2.12 bits per heavy atom. The molecular weight excluding hydrogens is 244 g/mol. The van der Waals surface area contributed by atoms with Crippen molar-refractivity contribution in [2.24, 2.45) is 7.05 Å². The van der Waals surface area contributed by atoms with E-state index in [0.29, 0.717) is 11.5 Å². The molecule has 7 nitrogen and oxygen atoms in total. The lowest BCUT2D eigenvalue weighted by Crippen LogP contribution is -2.14. The Hall–Kier alpha value is -1.83. The first-order chi connectivity index (χ1) is 7.90. The van der Waals surface area contributed by atoms with Gasteiger partial charge in [0.1, 0.15) is 10.7 Å². The summed E-state index contributed by atoms with van der Waals surface area (Å²) >= 11 is 0. The minimum atomic E-state index is -3.67. The summed E-state index contributed by atoms with van der Waals surface area (Å²) in [6.45, 7) is 3.36. The van der Waals surface area contributed by atoms with Crippen LogP contribution in [-0.2, 0) is 17.1 Å². The molecule has 2 aromatic heterocycles. The molecule has 0 fully saturated rings. The van der Waals surface area contributed by atoms with Crippen LogP contribution in [0.2, 0.25) is 0 Å². The Morgan fingerprint density at radius 1 is 1.41 bits per heavy atom. The third-order valence-corrected chi connectivity index (χ3v) is 3.80. The zero-order chi connectivity index (χ0) is 12.6. The molecule has 0 saturated carbocycles. The number of nitrogens with one attached hydrogen (secondary N) is 1. The molecule has 2 rings (SSSR count). The predicted molar refractivity (Wildman–Crippen MR) is 60.0 cm³/mol. The second kappa shape index (κ2) is 3.88. The van der Waals surface area contributed by atoms with Gasteiger partial charge < -0.3 is 4.52 Å². The van der Waals surface area contributed by atoms with Gasteiger partial charge in [-0.25, -0.2) is 8.42 Å². The van der Waals surface area contributed by atoms with Crippen molar-refractivity contribution in [2.75, 3.05) is 4.72 Å². The van der Waals surface area contributed by atoms with Crippen LogP contribution in [0.1, 0.15) is 11.5 Å². The lowest BCUT2D eigenvalue weighted by atomic mass is 10.5. The maximum Gasteiger partial charge on any atom is 0.266 e. The van der Waals surface area contributed by atoms with Crippen LogP contribution in [0, 0.1) is 13.8 Å². The van der Waals surface area contributed by atoms with Crippen molar-refractivity contribution in [2.45, 2.75) is 18.7 Å². The highest BCUT2D eigenvalue weighted by Gasteiger charge is 2.21. The van der Waals surface area contributed by atoms with E-state index in [0.717, 1.165) is 0 Å². The van der Waals surface area contributed by atoms with E-state index in [-0.39, 0.29) is 10.7 Å². The highest BCUT2D eigenvalue weighted by molar-refractivity contribution is 7.92. The maximum atomic E-state index is 12.0. The lowest BCUT2D eigenvalue weighted by molar-refractivity contribution is 0.400. The summed E-state index contributed by atoms with van der Waals surface area (Å²) in [6, 6.07) is 1.50. The van der Waals surface area contributed by atoms with Gasteiger partial charge in [0.25, 0.3) is 10.0 Å². The molecule has 92 valence electrons. The van der Waals surface area contributed by atoms with Crippen LogP contribution < -0.4 is 4.72 Å². The molecule has 0 aliphatic heterocycles. The van der Waals surface area contributed by atoms with Crippen LogP contribution in [0.25, 0.3) is 0 Å². The molecule has 0 amide bonds. The van der Waals surface area contributed by atoms with Gasteiger partial charge in [-0.2, -0.15) is 5.10 Å². The normalized spacial score (nSPS) is 11.7. The predicted octanol–water partition coefficient (Wildman–Crippen LogP) is 0.826. The van der Waals surface area contributed by atoms with Crippen molar-refractivity contribution in [3.8, 4) is 0 Å². The highest BCUT2D eigenvalue weighted by Crippen LogP contribution is 2.18. The second-order valence-electron chi connectivity index (χ2n) is 3.65. The first kappa shape index (κ1) is 11.6. The number of aromatic nitrogens is 3. The van der Waals surface area contributed by atoms with Gasteiger partial charge in [-0.15, -0.1) is 0 Å². The fourth-order valence-electron chi connectivity index (χ4n) is 1.35. The molecule has 0 atom stereocenters. The van der Waals surface area contributed by atoms with E-state index in [2.05, 4.69) is 15.0 Å². The number of hydrogen-bond acceptors (Lipinski definition) is 5. The fraction of sp³-hybridized carbons (Fsp3) is 0.333. The Bertz CT molecular complexity index is 641. The van der Waals surface area contributed by atoms with Crippen LogP contribution in [0.15, 0.2) is 21.7 Å². The number of sulfonamides is 1. The second-order valence-corrected chi connectivity index (χ2v) is 5.30. The molecule has 0 radical (unpaired) electrons. The van der Waals surface area contributed by atoms with Crippen LogP contribution in [0.4, 0.5) is 5.82 Å². The molecule has 2 aromatic rings. The van der Waals surface area contributed by atoms with Gasteiger partial charge in [0.05, 0.1) is 11.9 Å². The van der Waals surface area contributed by atoms with Crippen LogP contribution in [0.3, 0.4) is 0 Å². The van der Waals surface area contributed by atoms with Gasteiger partial charge in [0, 0.05) is 13.1 Å². The summed E-state index contributed by atoms with van der Waals surface area (Å²) < 4.78 is 32.6. The molecule has 1 N–H and O–H groups in total. The number of nitrogens with zero attached hydrogens (tertiary/aromatic N) is 3. The zero-order valence-electron chi connectivity index (χ0n) is 9.63. The average molecular weight is 256 g/mol. The minimum Gasteiger partial charge on any atom is -0.360 e. The molecule has 0 spiro atoms. The summed E-state index contributed by atoms with van der Waals surface area (Å²) in [4.78, 5) is 0.126. The molecule has 8 heteroatoms. The van der Waals surface area contributed by atoms with Crippen LogP contribution in [-0.4, -0.2) is 23.4 Å². The summed E-state index contributed by atoms with van der Waals surface area (Å²) in [5.74, 6) is 0.691. The van der Waals surface area contributed by atoms with E-state index in [9.17, 15) is 8.42 Å². The van der Waals surface area contributed by atoms with Gasteiger partial charge in [0.2, 0.25) is 0 Å². The van der Waals surface area contributed by atoms with Crippen molar-refractivity contribution in [3.63, 3.8) is 0 Å². The molecule has 17 heavy (non-hydrogen) atoms. The zero-order valence-corrected chi connectivity index (χ0v) is 10.4. The Morgan fingerprint density at radius 3 is 2.59 bits per heavy atom. The first-order valence-corrected chi connectivity index (χ1v) is 6.33. The molecule has 0 aromatic carbocycles. The lowest BCUT2D eigenvalue weighted by Gasteiger charge is -2.03. The molecule has 0 unspecified atom stereocenters. The average Bonchev–Trinajstić information content (AvgIpc) is 2.75. The number of hydrogen-bond donors (Lipinski definition) is 1. The van der Waals surface area contributed by atoms with Crippen molar-refractivity contribution in [3.05, 3.63) is 23.7 Å². The molecule has 2 heterocycles. The topological polar surface area (TPSA) is 90.0 Å². The van der Waals surface area contributed by atoms with Gasteiger partial charge in [-0.05, 0) is 13.8 Å². The van der Waals surface area contributed by atoms with Crippen molar-refractivity contribution in [1.29, 1.82) is 0 Å². The fourth-order valence-corrected chi connectivity index (χ4v) is 2.54. The largest absolute Gasteiger partial charge is 0.360 e. The smallest absolute Gasteiger partial charge is 0.266 e. The summed E-state index contributed by atoms with van der Waals surface area (Å²) in [5.41, 5.74) is 0.553. The number of rotatable bonds is 3. The highest BCUT2D eigenvalue weighted by atomic mass is 32.2. The SMILES string of the molecule is Cc1cc(NS(=O)(=O)c2cnn(C)c2C)no1. The molecular formula is C9H12N4O3S. The van der Waals surface area contributed by atoms with Crippen molar-refractivity contribution >= 4 is 15.8 Å². The molecule has 0 bridgehead atoms. The molecule has 0 aliphatic rings. The third-order valence-electron chi connectivity index (χ3n) is 2.35. The summed E-state index contributed by atoms with van der Waals surface area (Å²) in [6.07, 6.45) is 1.30. The van der Waals surface area contributed by atoms with E-state index in [1.165, 1.54) is 16.9 Å². The molecule has 0 aliphatic carbocycles.